The number of amides is 2. The second-order valence-corrected chi connectivity index (χ2v) is 8.17. The van der Waals surface area contributed by atoms with Crippen LogP contribution in [0.5, 0.6) is 0 Å². The van der Waals surface area contributed by atoms with Crippen LogP contribution in [0.3, 0.4) is 0 Å². The van der Waals surface area contributed by atoms with Crippen molar-refractivity contribution in [2.45, 2.75) is 26.3 Å². The molecule has 2 aliphatic heterocycles. The number of nitrogens with one attached hydrogen (secondary N) is 1. The molecule has 1 saturated heterocycles. The lowest BCUT2D eigenvalue weighted by Crippen LogP contribution is -2.47. The number of rotatable bonds is 4. The summed E-state index contributed by atoms with van der Waals surface area (Å²) in [5, 5.41) is 12.4. The number of benzene rings is 2. The first-order valence-electron chi connectivity index (χ1n) is 10.2. The standard InChI is InChI=1S/C23H27N3O3/c1-16-12-19(22(27)28)15-26(13-16)23(29)24-20-8-4-2-7-18(20)14-25-11-10-17-6-3-5-9-21(17)25/h2-9,16,19H,10-15H2,1H3,(H,24,29)(H,27,28). The molecule has 6 nitrogen and oxygen atoms in total. The second kappa shape index (κ2) is 8.15. The summed E-state index contributed by atoms with van der Waals surface area (Å²) >= 11 is 0. The molecule has 0 radical (unpaired) electrons. The van der Waals surface area contributed by atoms with Crippen molar-refractivity contribution in [1.82, 2.24) is 4.90 Å². The number of urea groups is 1. The quantitative estimate of drug-likeness (QED) is 0.828. The van der Waals surface area contributed by atoms with Crippen molar-refractivity contribution in [3.8, 4) is 0 Å². The van der Waals surface area contributed by atoms with Crippen LogP contribution in [-0.2, 0) is 17.8 Å². The third-order valence-corrected chi connectivity index (χ3v) is 5.90. The fourth-order valence-corrected chi connectivity index (χ4v) is 4.45. The summed E-state index contributed by atoms with van der Waals surface area (Å²) < 4.78 is 0. The predicted octanol–water partition coefficient (Wildman–Crippen LogP) is 3.82. The van der Waals surface area contributed by atoms with Gasteiger partial charge in [0.2, 0.25) is 0 Å². The molecule has 0 bridgehead atoms. The number of nitrogens with zero attached hydrogens (tertiary/aromatic N) is 2. The Morgan fingerprint density at radius 2 is 1.86 bits per heavy atom. The van der Waals surface area contributed by atoms with Crippen LogP contribution >= 0.6 is 0 Å². The Kier molecular flexibility index (Phi) is 5.43. The first-order valence-corrected chi connectivity index (χ1v) is 10.2. The van der Waals surface area contributed by atoms with Crippen LogP contribution in [0.4, 0.5) is 16.2 Å². The van der Waals surface area contributed by atoms with Crippen molar-refractivity contribution < 1.29 is 14.7 Å². The number of carboxylic acid groups (broad SMARTS) is 1. The molecule has 1 fully saturated rings. The highest BCUT2D eigenvalue weighted by Gasteiger charge is 2.32. The molecule has 2 atom stereocenters. The Balaban J connectivity index is 1.47. The molecule has 0 aliphatic carbocycles. The van der Waals surface area contributed by atoms with E-state index in [2.05, 4.69) is 34.5 Å². The molecule has 2 aromatic carbocycles. The number of para-hydroxylation sites is 2. The van der Waals surface area contributed by atoms with Gasteiger partial charge in [-0.2, -0.15) is 0 Å². The molecule has 6 heteroatoms. The van der Waals surface area contributed by atoms with E-state index in [0.717, 1.165) is 30.8 Å². The monoisotopic (exact) mass is 393 g/mol. The van der Waals surface area contributed by atoms with E-state index in [1.807, 2.05) is 31.2 Å². The molecule has 2 unspecified atom stereocenters. The Morgan fingerprint density at radius 3 is 2.69 bits per heavy atom. The van der Waals surface area contributed by atoms with E-state index in [9.17, 15) is 14.7 Å². The van der Waals surface area contributed by atoms with Crippen LogP contribution in [-0.4, -0.2) is 41.6 Å². The van der Waals surface area contributed by atoms with Crippen molar-refractivity contribution in [2.24, 2.45) is 11.8 Å². The van der Waals surface area contributed by atoms with Gasteiger partial charge < -0.3 is 20.2 Å². The summed E-state index contributed by atoms with van der Waals surface area (Å²) in [6.07, 6.45) is 1.65. The number of piperidine rings is 1. The van der Waals surface area contributed by atoms with E-state index in [1.54, 1.807) is 4.90 Å². The highest BCUT2D eigenvalue weighted by atomic mass is 16.4. The number of hydrogen-bond acceptors (Lipinski definition) is 3. The number of fused-ring (bicyclic) bond motifs is 1. The maximum atomic E-state index is 12.9. The first-order chi connectivity index (χ1) is 14.0. The van der Waals surface area contributed by atoms with Crippen LogP contribution in [0.15, 0.2) is 48.5 Å². The lowest BCUT2D eigenvalue weighted by molar-refractivity contribution is -0.143. The molecule has 4 rings (SSSR count). The van der Waals surface area contributed by atoms with E-state index in [0.29, 0.717) is 13.0 Å². The van der Waals surface area contributed by atoms with Gasteiger partial charge in [-0.15, -0.1) is 0 Å². The molecule has 0 aromatic heterocycles. The third-order valence-electron chi connectivity index (χ3n) is 5.90. The molecule has 2 N–H and O–H groups in total. The fraction of sp³-hybridized carbons (Fsp3) is 0.391. The Bertz CT molecular complexity index is 914. The molecule has 29 heavy (non-hydrogen) atoms. The molecular formula is C23H27N3O3. The zero-order valence-corrected chi connectivity index (χ0v) is 16.7. The summed E-state index contributed by atoms with van der Waals surface area (Å²) in [6.45, 7) is 4.52. The molecule has 2 heterocycles. The van der Waals surface area contributed by atoms with Gasteiger partial charge in [0.15, 0.2) is 0 Å². The highest BCUT2D eigenvalue weighted by molar-refractivity contribution is 5.90. The Morgan fingerprint density at radius 1 is 1.10 bits per heavy atom. The third kappa shape index (κ3) is 4.21. The predicted molar refractivity (Wildman–Crippen MR) is 113 cm³/mol. The van der Waals surface area contributed by atoms with E-state index < -0.39 is 11.9 Å². The lowest BCUT2D eigenvalue weighted by atomic mass is 9.91. The van der Waals surface area contributed by atoms with Gasteiger partial charge in [0.1, 0.15) is 0 Å². The molecule has 0 spiro atoms. The zero-order valence-electron chi connectivity index (χ0n) is 16.7. The van der Waals surface area contributed by atoms with Gasteiger partial charge >= 0.3 is 12.0 Å². The second-order valence-electron chi connectivity index (χ2n) is 8.17. The molecule has 152 valence electrons. The van der Waals surface area contributed by atoms with Crippen molar-refractivity contribution >= 4 is 23.4 Å². The Labute approximate surface area is 171 Å². The summed E-state index contributed by atoms with van der Waals surface area (Å²) in [5.41, 5.74) is 4.45. The number of carbonyl (C=O) groups is 2. The van der Waals surface area contributed by atoms with Gasteiger partial charge in [-0.25, -0.2) is 4.79 Å². The fourth-order valence-electron chi connectivity index (χ4n) is 4.45. The molecule has 0 saturated carbocycles. The first kappa shape index (κ1) is 19.3. The Hall–Kier alpha value is -3.02. The van der Waals surface area contributed by atoms with Crippen molar-refractivity contribution in [3.05, 3.63) is 59.7 Å². The van der Waals surface area contributed by atoms with Crippen molar-refractivity contribution in [1.29, 1.82) is 0 Å². The van der Waals surface area contributed by atoms with Crippen molar-refractivity contribution in [2.75, 3.05) is 29.9 Å². The zero-order chi connectivity index (χ0) is 20.4. The van der Waals surface area contributed by atoms with Crippen LogP contribution < -0.4 is 10.2 Å². The minimum atomic E-state index is -0.831. The largest absolute Gasteiger partial charge is 0.481 e. The molecule has 2 amide bonds. The SMILES string of the molecule is CC1CC(C(=O)O)CN(C(=O)Nc2ccccc2CN2CCc3ccccc32)C1. The van der Waals surface area contributed by atoms with Gasteiger partial charge in [-0.1, -0.05) is 43.3 Å². The number of carboxylic acids is 1. The van der Waals surface area contributed by atoms with E-state index in [-0.39, 0.29) is 18.5 Å². The van der Waals surface area contributed by atoms with Crippen LogP contribution in [0.1, 0.15) is 24.5 Å². The van der Waals surface area contributed by atoms with E-state index >= 15 is 0 Å². The average Bonchev–Trinajstić information content (AvgIpc) is 3.12. The van der Waals surface area contributed by atoms with Gasteiger partial charge in [0.05, 0.1) is 5.92 Å². The maximum absolute atomic E-state index is 12.9. The smallest absolute Gasteiger partial charge is 0.321 e. The molecular weight excluding hydrogens is 366 g/mol. The van der Waals surface area contributed by atoms with Crippen LogP contribution in [0.25, 0.3) is 0 Å². The molecule has 2 aliphatic rings. The van der Waals surface area contributed by atoms with Gasteiger partial charge in [-0.05, 0) is 42.0 Å². The van der Waals surface area contributed by atoms with Gasteiger partial charge in [-0.3, -0.25) is 4.79 Å². The average molecular weight is 393 g/mol. The number of carbonyl (C=O) groups excluding carboxylic acids is 1. The van der Waals surface area contributed by atoms with Crippen molar-refractivity contribution in [3.63, 3.8) is 0 Å². The van der Waals surface area contributed by atoms with E-state index in [4.69, 9.17) is 0 Å². The number of likely N-dealkylation sites (tertiary alicyclic amines) is 1. The lowest BCUT2D eigenvalue weighted by Gasteiger charge is -2.34. The van der Waals surface area contributed by atoms with Gasteiger partial charge in [0.25, 0.3) is 0 Å². The molecule has 2 aromatic rings. The normalized spacial score (nSPS) is 21.0. The van der Waals surface area contributed by atoms with Gasteiger partial charge in [0, 0.05) is 37.6 Å². The summed E-state index contributed by atoms with van der Waals surface area (Å²) in [7, 11) is 0. The number of hydrogen-bond donors (Lipinski definition) is 2. The number of anilines is 2. The number of aliphatic carboxylic acids is 1. The minimum absolute atomic E-state index is 0.173. The summed E-state index contributed by atoms with van der Waals surface area (Å²) in [6, 6.07) is 16.1. The minimum Gasteiger partial charge on any atom is -0.481 e. The summed E-state index contributed by atoms with van der Waals surface area (Å²) in [4.78, 5) is 28.3. The maximum Gasteiger partial charge on any atom is 0.321 e. The topological polar surface area (TPSA) is 72.9 Å². The highest BCUT2D eigenvalue weighted by Crippen LogP contribution is 2.30. The van der Waals surface area contributed by atoms with Crippen LogP contribution in [0, 0.1) is 11.8 Å². The van der Waals surface area contributed by atoms with E-state index in [1.165, 1.54) is 11.3 Å². The van der Waals surface area contributed by atoms with Crippen LogP contribution in [0.2, 0.25) is 0 Å². The summed E-state index contributed by atoms with van der Waals surface area (Å²) in [5.74, 6) is -1.16.